The number of aliphatic hydroxyl groups excluding tert-OH is 1. The van der Waals surface area contributed by atoms with Crippen LogP contribution >= 0.6 is 0 Å². The maximum atomic E-state index is 13.8. The molecule has 0 aliphatic heterocycles. The van der Waals surface area contributed by atoms with E-state index in [0.717, 1.165) is 0 Å². The Balaban J connectivity index is 1.96. The minimum atomic E-state index is -2.44. The molecule has 36 heavy (non-hydrogen) atoms. The van der Waals surface area contributed by atoms with Crippen molar-refractivity contribution in [3.63, 3.8) is 0 Å². The van der Waals surface area contributed by atoms with Crippen LogP contribution in [0.4, 0.5) is 0 Å². The topological polar surface area (TPSA) is 107 Å². The maximum absolute atomic E-state index is 13.8. The van der Waals surface area contributed by atoms with Crippen molar-refractivity contribution in [2.75, 3.05) is 26.2 Å². The van der Waals surface area contributed by atoms with E-state index in [2.05, 4.69) is 0 Å². The minimum Gasteiger partial charge on any atom is -0.501 e. The fourth-order valence-electron chi connectivity index (χ4n) is 4.94. The van der Waals surface area contributed by atoms with Gasteiger partial charge in [0.1, 0.15) is 5.57 Å². The van der Waals surface area contributed by atoms with Gasteiger partial charge < -0.3 is 19.8 Å². The number of carbonyl (C=O) groups excluding carboxylic acids is 3. The molecule has 2 aromatic rings. The van der Waals surface area contributed by atoms with Crippen molar-refractivity contribution in [1.82, 2.24) is 9.80 Å². The number of nitrogens with zero attached hydrogens (tertiary/aromatic N) is 2. The summed E-state index contributed by atoms with van der Waals surface area (Å²) in [7, 11) is 0. The lowest BCUT2D eigenvalue weighted by molar-refractivity contribution is -0.240. The van der Waals surface area contributed by atoms with Gasteiger partial charge in [-0.05, 0) is 13.8 Å². The van der Waals surface area contributed by atoms with Gasteiger partial charge in [-0.2, -0.15) is 0 Å². The highest BCUT2D eigenvalue weighted by Gasteiger charge is 2.52. The average molecular weight is 491 g/mol. The van der Waals surface area contributed by atoms with Gasteiger partial charge in [0, 0.05) is 48.4 Å². The monoisotopic (exact) mass is 490 g/mol. The van der Waals surface area contributed by atoms with Crippen LogP contribution in [0.25, 0.3) is 5.70 Å². The van der Waals surface area contributed by atoms with E-state index in [9.17, 15) is 24.6 Å². The number of fused-ring (bicyclic) bond motifs is 2. The van der Waals surface area contributed by atoms with Crippen LogP contribution in [-0.4, -0.2) is 69.5 Å². The van der Waals surface area contributed by atoms with Gasteiger partial charge in [-0.1, -0.05) is 62.4 Å². The molecule has 0 amide bonds. The quantitative estimate of drug-likeness (QED) is 0.512. The molecule has 4 rings (SSSR count). The molecule has 2 aliphatic carbocycles. The third kappa shape index (κ3) is 3.73. The number of rotatable bonds is 9. The highest BCUT2D eigenvalue weighted by Crippen LogP contribution is 2.43. The molecule has 0 heterocycles. The first-order chi connectivity index (χ1) is 17.2. The van der Waals surface area contributed by atoms with Gasteiger partial charge in [-0.15, -0.1) is 0 Å². The van der Waals surface area contributed by atoms with Gasteiger partial charge in [0.25, 0.3) is 0 Å². The number of Topliss-reactive ketones (excluding diaryl/α,β-unsaturated/α-hetero) is 3. The molecule has 1 unspecified atom stereocenters. The number of carbonyl (C=O) groups is 3. The van der Waals surface area contributed by atoms with E-state index in [1.165, 1.54) is 17.0 Å². The SMILES string of the molecule is CCN(CC)C1=C(C(O)(OC2=C(O)C(=O)c3ccccc3C2=O)N(CC)CC)C(=O)c2ccccc21. The summed E-state index contributed by atoms with van der Waals surface area (Å²) < 4.78 is 5.97. The first kappa shape index (κ1) is 25.3. The summed E-state index contributed by atoms with van der Waals surface area (Å²) in [6.45, 7) is 9.01. The number of hydrogen-bond acceptors (Lipinski definition) is 8. The number of aliphatic hydroxyl groups is 2. The predicted octanol–water partition coefficient (Wildman–Crippen LogP) is 3.79. The summed E-state index contributed by atoms with van der Waals surface area (Å²) in [4.78, 5) is 43.5. The molecule has 0 radical (unpaired) electrons. The number of allylic oxidation sites excluding steroid dienone is 2. The Morgan fingerprint density at radius 2 is 1.19 bits per heavy atom. The van der Waals surface area contributed by atoms with Crippen LogP contribution in [0.5, 0.6) is 0 Å². The normalized spacial score (nSPS) is 16.9. The Morgan fingerprint density at radius 1 is 0.722 bits per heavy atom. The first-order valence-electron chi connectivity index (χ1n) is 12.2. The van der Waals surface area contributed by atoms with Crippen molar-refractivity contribution >= 4 is 23.0 Å². The minimum absolute atomic E-state index is 0.0473. The van der Waals surface area contributed by atoms with E-state index in [0.29, 0.717) is 29.9 Å². The summed E-state index contributed by atoms with van der Waals surface area (Å²) in [5.74, 6) is -6.02. The van der Waals surface area contributed by atoms with E-state index in [-0.39, 0.29) is 29.8 Å². The number of benzene rings is 2. The van der Waals surface area contributed by atoms with E-state index in [4.69, 9.17) is 4.74 Å². The Labute approximate surface area is 210 Å². The summed E-state index contributed by atoms with van der Waals surface area (Å²) >= 11 is 0. The zero-order valence-electron chi connectivity index (χ0n) is 20.9. The molecule has 1 atom stereocenters. The summed E-state index contributed by atoms with van der Waals surface area (Å²) in [5.41, 5.74) is 1.58. The highest BCUT2D eigenvalue weighted by molar-refractivity contribution is 6.25. The van der Waals surface area contributed by atoms with Crippen LogP contribution < -0.4 is 0 Å². The van der Waals surface area contributed by atoms with E-state index in [1.54, 1.807) is 44.2 Å². The molecule has 8 heteroatoms. The average Bonchev–Trinajstić information content (AvgIpc) is 3.19. The lowest BCUT2D eigenvalue weighted by atomic mass is 9.92. The lowest BCUT2D eigenvalue weighted by Gasteiger charge is -2.40. The molecule has 188 valence electrons. The fraction of sp³-hybridized carbons (Fsp3) is 0.321. The van der Waals surface area contributed by atoms with Crippen LogP contribution in [0.2, 0.25) is 0 Å². The summed E-state index contributed by atoms with van der Waals surface area (Å²) in [6.07, 6.45) is 0. The molecule has 0 saturated heterocycles. The third-order valence-corrected chi connectivity index (χ3v) is 6.79. The molecule has 2 aromatic carbocycles. The van der Waals surface area contributed by atoms with Gasteiger partial charge in [0.15, 0.2) is 5.78 Å². The standard InChI is InChI=1S/C28H30N2O6/c1-5-29(6-2)22-17-13-9-10-14-18(17)23(31)21(22)28(35,30(7-3)8-4)36-27-25(33)20-16-12-11-15-19(20)24(32)26(27)34/h9-16,34-35H,5-8H2,1-4H3. The number of ether oxygens (including phenoxy) is 1. The largest absolute Gasteiger partial charge is 0.501 e. The van der Waals surface area contributed by atoms with E-state index < -0.39 is 34.8 Å². The van der Waals surface area contributed by atoms with Crippen molar-refractivity contribution in [3.8, 4) is 0 Å². The number of ketones is 3. The molecule has 8 nitrogen and oxygen atoms in total. The van der Waals surface area contributed by atoms with Gasteiger partial charge >= 0.3 is 5.91 Å². The predicted molar refractivity (Wildman–Crippen MR) is 134 cm³/mol. The second-order valence-electron chi connectivity index (χ2n) is 8.53. The Kier molecular flexibility index (Phi) is 6.84. The van der Waals surface area contributed by atoms with Crippen LogP contribution in [0.15, 0.2) is 65.6 Å². The zero-order chi connectivity index (χ0) is 26.2. The fourth-order valence-corrected chi connectivity index (χ4v) is 4.94. The summed E-state index contributed by atoms with van der Waals surface area (Å²) in [5, 5.41) is 23.0. The first-order valence-corrected chi connectivity index (χ1v) is 12.2. The zero-order valence-corrected chi connectivity index (χ0v) is 20.9. The van der Waals surface area contributed by atoms with Gasteiger partial charge in [0.05, 0.1) is 5.70 Å². The third-order valence-electron chi connectivity index (χ3n) is 6.79. The molecule has 0 aromatic heterocycles. The second-order valence-corrected chi connectivity index (χ2v) is 8.53. The molecular weight excluding hydrogens is 460 g/mol. The van der Waals surface area contributed by atoms with Crippen molar-refractivity contribution in [3.05, 3.63) is 87.9 Å². The van der Waals surface area contributed by atoms with Crippen LogP contribution in [0.3, 0.4) is 0 Å². The van der Waals surface area contributed by atoms with Crippen molar-refractivity contribution in [1.29, 1.82) is 0 Å². The van der Waals surface area contributed by atoms with Gasteiger partial charge in [0.2, 0.25) is 23.1 Å². The number of hydrogen-bond donors (Lipinski definition) is 2. The van der Waals surface area contributed by atoms with Crippen molar-refractivity contribution in [2.45, 2.75) is 33.6 Å². The maximum Gasteiger partial charge on any atom is 0.305 e. The molecule has 0 spiro atoms. The van der Waals surface area contributed by atoms with Crippen molar-refractivity contribution < 1.29 is 29.3 Å². The highest BCUT2D eigenvalue weighted by atomic mass is 16.7. The Morgan fingerprint density at radius 3 is 1.69 bits per heavy atom. The molecule has 2 N–H and O–H groups in total. The van der Waals surface area contributed by atoms with E-state index in [1.807, 2.05) is 24.8 Å². The molecule has 2 aliphatic rings. The van der Waals surface area contributed by atoms with Crippen LogP contribution in [0, 0.1) is 0 Å². The van der Waals surface area contributed by atoms with Crippen LogP contribution in [-0.2, 0) is 4.74 Å². The van der Waals surface area contributed by atoms with Gasteiger partial charge in [-0.3, -0.25) is 14.4 Å². The molecule has 0 saturated carbocycles. The molecular formula is C28H30N2O6. The Bertz CT molecular complexity index is 1300. The second kappa shape index (κ2) is 9.72. The number of likely N-dealkylation sites (N-methyl/N-ethyl adjacent to an activating group) is 1. The van der Waals surface area contributed by atoms with Crippen LogP contribution in [0.1, 0.15) is 64.3 Å². The molecule has 0 fully saturated rings. The van der Waals surface area contributed by atoms with Gasteiger partial charge in [-0.25, -0.2) is 4.90 Å². The Hall–Kier alpha value is -3.75. The van der Waals surface area contributed by atoms with Crippen molar-refractivity contribution in [2.24, 2.45) is 0 Å². The lowest BCUT2D eigenvalue weighted by Crippen LogP contribution is -2.54. The van der Waals surface area contributed by atoms with E-state index >= 15 is 0 Å². The smallest absolute Gasteiger partial charge is 0.305 e. The summed E-state index contributed by atoms with van der Waals surface area (Å²) in [6, 6.07) is 13.1. The molecule has 0 bridgehead atoms.